The van der Waals surface area contributed by atoms with E-state index in [4.69, 9.17) is 0 Å². The average Bonchev–Trinajstić information content (AvgIpc) is 2.81. The van der Waals surface area contributed by atoms with Crippen molar-refractivity contribution in [2.24, 2.45) is 0 Å². The number of thioether (sulfide) groups is 1. The van der Waals surface area contributed by atoms with Crippen LogP contribution >= 0.6 is 11.8 Å². The molecule has 0 bridgehead atoms. The highest BCUT2D eigenvalue weighted by molar-refractivity contribution is 7.99. The molecule has 0 radical (unpaired) electrons. The summed E-state index contributed by atoms with van der Waals surface area (Å²) in [4.78, 5) is 29.8. The third-order valence-electron chi connectivity index (χ3n) is 5.07. The summed E-state index contributed by atoms with van der Waals surface area (Å²) < 4.78 is 14.9. The van der Waals surface area contributed by atoms with Crippen LogP contribution in [0.25, 0.3) is 11.4 Å². The molecule has 32 heavy (non-hydrogen) atoms. The van der Waals surface area contributed by atoms with Crippen molar-refractivity contribution in [3.05, 3.63) is 82.5 Å². The highest BCUT2D eigenvalue weighted by atomic mass is 32.2. The molecule has 0 saturated carbocycles. The van der Waals surface area contributed by atoms with Gasteiger partial charge in [0, 0.05) is 17.9 Å². The molecule has 168 valence electrons. The molecular formula is C24H27FN4O2S. The van der Waals surface area contributed by atoms with E-state index in [-0.39, 0.29) is 23.0 Å². The number of hydrogen-bond acceptors (Lipinski definition) is 5. The van der Waals surface area contributed by atoms with E-state index < -0.39 is 6.04 Å². The second-order valence-electron chi connectivity index (χ2n) is 7.31. The topological polar surface area (TPSA) is 76.0 Å². The number of benzene rings is 2. The van der Waals surface area contributed by atoms with Gasteiger partial charge in [-0.3, -0.25) is 14.2 Å². The lowest BCUT2D eigenvalue weighted by molar-refractivity contribution is -0.117. The van der Waals surface area contributed by atoms with Crippen LogP contribution in [0.15, 0.2) is 65.6 Å². The molecule has 1 aromatic heterocycles. The molecule has 0 unspecified atom stereocenters. The Labute approximate surface area is 191 Å². The van der Waals surface area contributed by atoms with E-state index in [1.54, 1.807) is 42.4 Å². The summed E-state index contributed by atoms with van der Waals surface area (Å²) in [5, 5.41) is 5.49. The van der Waals surface area contributed by atoms with Crippen LogP contribution in [-0.2, 0) is 17.8 Å². The number of nitrogens with one attached hydrogen (secondary N) is 2. The van der Waals surface area contributed by atoms with E-state index in [0.717, 1.165) is 12.2 Å². The zero-order chi connectivity index (χ0) is 22.9. The minimum atomic E-state index is -0.451. The van der Waals surface area contributed by atoms with Crippen molar-refractivity contribution in [1.82, 2.24) is 14.9 Å². The largest absolute Gasteiger partial charge is 0.319 e. The first kappa shape index (κ1) is 23.7. The molecule has 8 heteroatoms. The number of aromatic nitrogens is 2. The van der Waals surface area contributed by atoms with Crippen LogP contribution in [0.3, 0.4) is 0 Å². The predicted molar refractivity (Wildman–Crippen MR) is 129 cm³/mol. The van der Waals surface area contributed by atoms with Crippen LogP contribution < -0.4 is 16.2 Å². The van der Waals surface area contributed by atoms with E-state index in [1.165, 1.54) is 23.9 Å². The number of carbonyl (C=O) groups excluding carboxylic acids is 1. The second kappa shape index (κ2) is 11.6. The molecule has 1 atom stereocenters. The fraction of sp³-hybridized carbons (Fsp3) is 0.292. The summed E-state index contributed by atoms with van der Waals surface area (Å²) in [7, 11) is 1.67. The number of halogens is 1. The van der Waals surface area contributed by atoms with Crippen LogP contribution in [-0.4, -0.2) is 40.1 Å². The predicted octanol–water partition coefficient (Wildman–Crippen LogP) is 3.57. The van der Waals surface area contributed by atoms with Gasteiger partial charge in [-0.1, -0.05) is 30.3 Å². The summed E-state index contributed by atoms with van der Waals surface area (Å²) in [6.45, 7) is 2.13. The minimum absolute atomic E-state index is 0.122. The summed E-state index contributed by atoms with van der Waals surface area (Å²) in [5.74, 6) is 1.40. The fourth-order valence-corrected chi connectivity index (χ4v) is 3.98. The monoisotopic (exact) mass is 454 g/mol. The van der Waals surface area contributed by atoms with Gasteiger partial charge in [-0.25, -0.2) is 9.37 Å². The Morgan fingerprint density at radius 2 is 1.84 bits per heavy atom. The van der Waals surface area contributed by atoms with E-state index in [2.05, 4.69) is 27.8 Å². The van der Waals surface area contributed by atoms with Gasteiger partial charge in [-0.2, -0.15) is 11.8 Å². The lowest BCUT2D eigenvalue weighted by Crippen LogP contribution is -2.38. The molecule has 3 aromatic rings. The standard InChI is InChI=1S/C24H27FN4O2S/c1-17(26-2)23(30)28-21-16-27-22(19-8-10-20(25)11-9-19)29(24(21)31)13-15-32-14-12-18-6-4-3-5-7-18/h3-11,16-17,26H,12-15H2,1-2H3,(H,28,30)/t17-/m0/s1. The number of hydrogen-bond donors (Lipinski definition) is 2. The van der Waals surface area contributed by atoms with Crippen molar-refractivity contribution in [2.75, 3.05) is 23.9 Å². The van der Waals surface area contributed by atoms with Gasteiger partial charge in [0.2, 0.25) is 5.91 Å². The van der Waals surface area contributed by atoms with E-state index in [1.807, 2.05) is 18.2 Å². The van der Waals surface area contributed by atoms with Crippen molar-refractivity contribution in [1.29, 1.82) is 0 Å². The molecule has 1 amide bonds. The summed E-state index contributed by atoms with van der Waals surface area (Å²) >= 11 is 1.74. The van der Waals surface area contributed by atoms with Gasteiger partial charge >= 0.3 is 0 Å². The van der Waals surface area contributed by atoms with Gasteiger partial charge in [0.15, 0.2) is 0 Å². The summed E-state index contributed by atoms with van der Waals surface area (Å²) in [6.07, 6.45) is 2.31. The summed E-state index contributed by atoms with van der Waals surface area (Å²) in [5.41, 5.74) is 1.70. The van der Waals surface area contributed by atoms with Gasteiger partial charge in [-0.05, 0) is 56.0 Å². The minimum Gasteiger partial charge on any atom is -0.319 e. The Balaban J connectivity index is 1.77. The van der Waals surface area contributed by atoms with Crippen molar-refractivity contribution >= 4 is 23.4 Å². The van der Waals surface area contributed by atoms with Crippen molar-refractivity contribution in [3.63, 3.8) is 0 Å². The van der Waals surface area contributed by atoms with Crippen LogP contribution in [0.4, 0.5) is 10.1 Å². The van der Waals surface area contributed by atoms with Gasteiger partial charge in [0.1, 0.15) is 17.3 Å². The van der Waals surface area contributed by atoms with E-state index in [9.17, 15) is 14.0 Å². The third-order valence-corrected chi connectivity index (χ3v) is 6.03. The quantitative estimate of drug-likeness (QED) is 0.458. The second-order valence-corrected chi connectivity index (χ2v) is 8.53. The number of likely N-dealkylation sites (N-methyl/N-ethyl adjacent to an activating group) is 1. The van der Waals surface area contributed by atoms with Crippen molar-refractivity contribution in [3.8, 4) is 11.4 Å². The number of rotatable bonds is 10. The molecule has 0 spiro atoms. The normalized spacial score (nSPS) is 11.8. The Hall–Kier alpha value is -2.97. The van der Waals surface area contributed by atoms with Crippen LogP contribution in [0, 0.1) is 5.82 Å². The van der Waals surface area contributed by atoms with Crippen LogP contribution in [0.5, 0.6) is 0 Å². The Bertz CT molecular complexity index is 1090. The van der Waals surface area contributed by atoms with Gasteiger partial charge in [0.25, 0.3) is 5.56 Å². The molecule has 6 nitrogen and oxygen atoms in total. The third kappa shape index (κ3) is 6.27. The molecule has 3 rings (SSSR count). The number of aryl methyl sites for hydroxylation is 1. The smallest absolute Gasteiger partial charge is 0.277 e. The Morgan fingerprint density at radius 1 is 1.12 bits per heavy atom. The zero-order valence-electron chi connectivity index (χ0n) is 18.2. The van der Waals surface area contributed by atoms with Gasteiger partial charge in [0.05, 0.1) is 12.2 Å². The lowest BCUT2D eigenvalue weighted by atomic mass is 10.2. The average molecular weight is 455 g/mol. The molecule has 0 saturated heterocycles. The van der Waals surface area contributed by atoms with Gasteiger partial charge < -0.3 is 10.6 Å². The molecular weight excluding hydrogens is 427 g/mol. The zero-order valence-corrected chi connectivity index (χ0v) is 19.0. The maximum Gasteiger partial charge on any atom is 0.277 e. The molecule has 1 heterocycles. The maximum atomic E-state index is 13.4. The fourth-order valence-electron chi connectivity index (χ4n) is 3.08. The molecule has 0 fully saturated rings. The molecule has 0 aliphatic rings. The Kier molecular flexibility index (Phi) is 8.58. The van der Waals surface area contributed by atoms with Crippen LogP contribution in [0.2, 0.25) is 0 Å². The van der Waals surface area contributed by atoms with Crippen LogP contribution in [0.1, 0.15) is 12.5 Å². The first-order chi connectivity index (χ1) is 15.5. The number of amides is 1. The molecule has 2 aromatic carbocycles. The highest BCUT2D eigenvalue weighted by Gasteiger charge is 2.16. The lowest BCUT2D eigenvalue weighted by Gasteiger charge is -2.15. The number of anilines is 1. The highest BCUT2D eigenvalue weighted by Crippen LogP contribution is 2.18. The summed E-state index contributed by atoms with van der Waals surface area (Å²) in [6, 6.07) is 15.7. The number of nitrogens with zero attached hydrogens (tertiary/aromatic N) is 2. The molecule has 0 aliphatic heterocycles. The van der Waals surface area contributed by atoms with E-state index >= 15 is 0 Å². The molecule has 0 aliphatic carbocycles. The van der Waals surface area contributed by atoms with Crippen molar-refractivity contribution < 1.29 is 9.18 Å². The first-order valence-electron chi connectivity index (χ1n) is 10.4. The molecule has 2 N–H and O–H groups in total. The SMILES string of the molecule is CN[C@@H](C)C(=O)Nc1cnc(-c2ccc(F)cc2)n(CCSCCc2ccccc2)c1=O. The first-order valence-corrected chi connectivity index (χ1v) is 11.6. The Morgan fingerprint density at radius 3 is 2.53 bits per heavy atom. The van der Waals surface area contributed by atoms with Crippen molar-refractivity contribution in [2.45, 2.75) is 25.9 Å². The number of carbonyl (C=O) groups is 1. The van der Waals surface area contributed by atoms with E-state index in [0.29, 0.717) is 23.7 Å². The van der Waals surface area contributed by atoms with Gasteiger partial charge in [-0.15, -0.1) is 0 Å². The maximum absolute atomic E-state index is 13.4.